The molecule has 4 heterocycles. The molecular formula is C51H64ClFN10O5. The third kappa shape index (κ3) is 12.1. The minimum atomic E-state index is -0.678. The molecule has 4 aromatic rings. The third-order valence-corrected chi connectivity index (χ3v) is 13.9. The summed E-state index contributed by atoms with van der Waals surface area (Å²) in [4.78, 5) is 66.2. The smallest absolute Gasteiger partial charge is 0.255 e. The predicted octanol–water partition coefficient (Wildman–Crippen LogP) is 6.94. The Kier molecular flexibility index (Phi) is 16.9. The number of rotatable bonds is 23. The van der Waals surface area contributed by atoms with Crippen LogP contribution in [0.1, 0.15) is 92.2 Å². The number of aromatic nitrogens is 3. The van der Waals surface area contributed by atoms with Gasteiger partial charge in [-0.25, -0.2) is 9.37 Å². The molecule has 2 aliphatic heterocycles. The molecule has 2 aliphatic carbocycles. The Morgan fingerprint density at radius 3 is 2.57 bits per heavy atom. The number of fused-ring (bicyclic) bond motifs is 2. The summed E-state index contributed by atoms with van der Waals surface area (Å²) in [6, 6.07) is 14.0. The van der Waals surface area contributed by atoms with Crippen LogP contribution in [-0.4, -0.2) is 132 Å². The molecule has 4 aliphatic rings. The number of nitrogens with zero attached hydrogens (tertiary/aromatic N) is 7. The first-order valence-electron chi connectivity index (χ1n) is 24.3. The van der Waals surface area contributed by atoms with Gasteiger partial charge in [-0.05, 0) is 72.7 Å². The molecule has 1 saturated carbocycles. The number of imide groups is 1. The largest absolute Gasteiger partial charge is 0.380 e. The standard InChI is InChI=1S/C51H64ClFN10O5/c1-2-7-47(49(66)56-35-65)63-32-38-26-43(14-15-44(38)50(63)67)61-21-19-59(20-22-61)23-25-68-24-6-17-60(18-16-54-34-64)31-36-10-12-37(13-11-36)46-33-62(42-8-4-3-5-9-42)48-45(46)30-55-51(58-48)57-41-28-39(52)27-40(53)29-41/h10-15,26-27,29-30,33-35,41-42,47H,2-9,16-25,28,31-32H2,1H3,(H,54,64)(H,55,57,58)(H,56,65,66). The molecule has 68 heavy (non-hydrogen) atoms. The maximum Gasteiger partial charge on any atom is 0.255 e. The number of hydrogen-bond acceptors (Lipinski definition) is 11. The summed E-state index contributed by atoms with van der Waals surface area (Å²) in [6.45, 7) is 10.8. The van der Waals surface area contributed by atoms with Crippen LogP contribution < -0.4 is 20.9 Å². The van der Waals surface area contributed by atoms with Crippen molar-refractivity contribution in [1.29, 1.82) is 0 Å². The Hall–Kier alpha value is -5.68. The number of amides is 4. The molecule has 2 aromatic heterocycles. The van der Waals surface area contributed by atoms with Crippen molar-refractivity contribution in [3.8, 4) is 11.1 Å². The Labute approximate surface area is 403 Å². The van der Waals surface area contributed by atoms with Gasteiger partial charge < -0.3 is 29.7 Å². The molecule has 2 unspecified atom stereocenters. The van der Waals surface area contributed by atoms with E-state index < -0.39 is 11.9 Å². The molecule has 15 nitrogen and oxygen atoms in total. The number of anilines is 2. The maximum absolute atomic E-state index is 14.2. The Morgan fingerprint density at radius 1 is 1.01 bits per heavy atom. The van der Waals surface area contributed by atoms with Crippen LogP contribution in [0.2, 0.25) is 0 Å². The number of carbonyl (C=O) groups is 4. The highest BCUT2D eigenvalue weighted by Crippen LogP contribution is 2.37. The van der Waals surface area contributed by atoms with Crippen molar-refractivity contribution in [1.82, 2.24) is 39.9 Å². The Balaban J connectivity index is 0.807. The van der Waals surface area contributed by atoms with E-state index in [9.17, 15) is 23.6 Å². The van der Waals surface area contributed by atoms with Gasteiger partial charge in [-0.15, -0.1) is 0 Å². The van der Waals surface area contributed by atoms with E-state index in [0.717, 1.165) is 111 Å². The van der Waals surface area contributed by atoms with Crippen molar-refractivity contribution in [2.24, 2.45) is 0 Å². The van der Waals surface area contributed by atoms with E-state index in [1.54, 1.807) is 4.90 Å². The number of benzene rings is 2. The first-order chi connectivity index (χ1) is 33.2. The first kappa shape index (κ1) is 48.8. The molecule has 3 N–H and O–H groups in total. The number of allylic oxidation sites excluding steroid dienone is 2. The van der Waals surface area contributed by atoms with Crippen molar-refractivity contribution in [3.05, 3.63) is 94.6 Å². The number of piperazine rings is 1. The lowest BCUT2D eigenvalue weighted by molar-refractivity contribution is -0.129. The van der Waals surface area contributed by atoms with E-state index in [4.69, 9.17) is 21.3 Å². The molecule has 2 atom stereocenters. The second-order valence-corrected chi connectivity index (χ2v) is 18.8. The van der Waals surface area contributed by atoms with E-state index in [2.05, 4.69) is 76.7 Å². The minimum Gasteiger partial charge on any atom is -0.380 e. The molecule has 8 rings (SSSR count). The van der Waals surface area contributed by atoms with Crippen LogP contribution in [-0.2, 0) is 32.2 Å². The van der Waals surface area contributed by atoms with Gasteiger partial charge in [-0.1, -0.05) is 68.5 Å². The molecule has 17 heteroatoms. The van der Waals surface area contributed by atoms with Gasteiger partial charge in [-0.3, -0.25) is 34.3 Å². The molecular weight excluding hydrogens is 887 g/mol. The fourth-order valence-corrected chi connectivity index (χ4v) is 10.4. The van der Waals surface area contributed by atoms with Crippen molar-refractivity contribution in [2.75, 3.05) is 75.8 Å². The van der Waals surface area contributed by atoms with Gasteiger partial charge in [0.2, 0.25) is 24.7 Å². The monoisotopic (exact) mass is 950 g/mol. The van der Waals surface area contributed by atoms with Gasteiger partial charge in [-0.2, -0.15) is 4.98 Å². The quantitative estimate of drug-likeness (QED) is 0.0523. The van der Waals surface area contributed by atoms with E-state index >= 15 is 0 Å². The highest BCUT2D eigenvalue weighted by atomic mass is 35.5. The summed E-state index contributed by atoms with van der Waals surface area (Å²) in [7, 11) is 0. The average molecular weight is 952 g/mol. The zero-order valence-corrected chi connectivity index (χ0v) is 39.8. The molecule has 0 bridgehead atoms. The van der Waals surface area contributed by atoms with E-state index in [1.807, 2.05) is 25.3 Å². The lowest BCUT2D eigenvalue weighted by Crippen LogP contribution is -2.47. The zero-order valence-electron chi connectivity index (χ0n) is 39.0. The van der Waals surface area contributed by atoms with Crippen LogP contribution >= 0.6 is 11.6 Å². The fraction of sp³-hybridized carbons (Fsp3) is 0.490. The molecule has 2 fully saturated rings. The number of ether oxygens (including phenoxy) is 1. The summed E-state index contributed by atoms with van der Waals surface area (Å²) in [5.41, 5.74) is 6.81. The van der Waals surface area contributed by atoms with Crippen LogP contribution in [0.5, 0.6) is 0 Å². The lowest BCUT2D eigenvalue weighted by Gasteiger charge is -2.36. The molecule has 2 aromatic carbocycles. The first-order valence-corrected chi connectivity index (χ1v) is 24.7. The number of nitrogens with one attached hydrogen (secondary N) is 3. The summed E-state index contributed by atoms with van der Waals surface area (Å²) in [5.74, 6) is -0.532. The average Bonchev–Trinajstić information content (AvgIpc) is 3.88. The maximum atomic E-state index is 14.2. The van der Waals surface area contributed by atoms with E-state index in [1.165, 1.54) is 37.0 Å². The van der Waals surface area contributed by atoms with Gasteiger partial charge in [0.15, 0.2) is 0 Å². The normalized spacial score (nSPS) is 18.4. The highest BCUT2D eigenvalue weighted by Gasteiger charge is 2.36. The van der Waals surface area contributed by atoms with Crippen LogP contribution in [0.4, 0.5) is 16.0 Å². The minimum absolute atomic E-state index is 0.172. The van der Waals surface area contributed by atoms with Crippen LogP contribution in [0, 0.1) is 0 Å². The summed E-state index contributed by atoms with van der Waals surface area (Å²) < 4.78 is 22.6. The Bertz CT molecular complexity index is 2450. The summed E-state index contributed by atoms with van der Waals surface area (Å²) >= 11 is 6.20. The summed E-state index contributed by atoms with van der Waals surface area (Å²) in [5, 5.41) is 9.76. The van der Waals surface area contributed by atoms with E-state index in [-0.39, 0.29) is 17.8 Å². The SMILES string of the molecule is CCCC(C(=O)NC=O)N1Cc2cc(N3CCN(CCOCCCN(CCNC=O)Cc4ccc(-c5cn(C6CCCCC6)c6nc(NC7C=C(F)C=C(Cl)C7)ncc56)cc4)CC3)ccc2C1=O. The van der Waals surface area contributed by atoms with Crippen LogP contribution in [0.15, 0.2) is 77.9 Å². The van der Waals surface area contributed by atoms with Crippen molar-refractivity contribution >= 4 is 58.9 Å². The molecule has 0 radical (unpaired) electrons. The lowest BCUT2D eigenvalue weighted by atomic mass is 9.95. The molecule has 0 spiro atoms. The van der Waals surface area contributed by atoms with Crippen molar-refractivity contribution in [3.63, 3.8) is 0 Å². The Morgan fingerprint density at radius 2 is 1.82 bits per heavy atom. The molecule has 1 saturated heterocycles. The van der Waals surface area contributed by atoms with Crippen LogP contribution in [0.3, 0.4) is 0 Å². The highest BCUT2D eigenvalue weighted by molar-refractivity contribution is 6.29. The van der Waals surface area contributed by atoms with Crippen molar-refractivity contribution < 1.29 is 28.3 Å². The van der Waals surface area contributed by atoms with Gasteiger partial charge in [0.1, 0.15) is 17.5 Å². The predicted molar refractivity (Wildman–Crippen MR) is 263 cm³/mol. The number of hydrogen-bond donors (Lipinski definition) is 3. The number of carbonyl (C=O) groups excluding carboxylic acids is 4. The van der Waals surface area contributed by atoms with E-state index in [0.29, 0.717) is 74.6 Å². The molecule has 362 valence electrons. The second-order valence-electron chi connectivity index (χ2n) is 18.3. The third-order valence-electron chi connectivity index (χ3n) is 13.7. The van der Waals surface area contributed by atoms with Gasteiger partial charge in [0.05, 0.1) is 12.6 Å². The topological polar surface area (TPSA) is 157 Å². The zero-order chi connectivity index (χ0) is 47.4. The molecule has 4 amide bonds. The van der Waals surface area contributed by atoms with Crippen LogP contribution in [0.25, 0.3) is 22.2 Å². The van der Waals surface area contributed by atoms with Crippen molar-refractivity contribution in [2.45, 2.75) is 95.9 Å². The summed E-state index contributed by atoms with van der Waals surface area (Å²) in [6.07, 6.45) is 16.4. The van der Waals surface area contributed by atoms with Gasteiger partial charge in [0.25, 0.3) is 5.91 Å². The number of halogens is 2. The van der Waals surface area contributed by atoms with Gasteiger partial charge >= 0.3 is 0 Å². The fourth-order valence-electron chi connectivity index (χ4n) is 10.1. The second kappa shape index (κ2) is 23.6. The van der Waals surface area contributed by atoms with Gasteiger partial charge in [0, 0.05) is 124 Å².